The van der Waals surface area contributed by atoms with Crippen LogP contribution in [0.3, 0.4) is 0 Å². The lowest BCUT2D eigenvalue weighted by molar-refractivity contribution is 0.0166. The van der Waals surface area contributed by atoms with Crippen molar-refractivity contribution in [3.8, 4) is 0 Å². The minimum atomic E-state index is -0.818. The average molecular weight is 475 g/mol. The standard InChI is InChI=1S/C23H30N4O7/c1-27(2)15-3-4-17-19(13-15)34-22-20(26-17)16(14-18(28)21(22)29)23(30)25-6-8-32-10-12-33-11-9-31-7-5-24/h3-4,13-14,26H,5-12,24H2,1-2H3,(H,25,30). The fraction of sp³-hybridized carbons (Fsp3) is 0.435. The molecular formula is C23H30N4O7. The van der Waals surface area contributed by atoms with Crippen LogP contribution in [-0.2, 0) is 14.2 Å². The molecule has 3 rings (SSSR count). The number of ether oxygens (including phenoxy) is 3. The summed E-state index contributed by atoms with van der Waals surface area (Å²) in [6, 6.07) is 6.42. The summed E-state index contributed by atoms with van der Waals surface area (Å²) in [6.45, 7) is 3.12. The highest BCUT2D eigenvalue weighted by molar-refractivity contribution is 5.94. The summed E-state index contributed by atoms with van der Waals surface area (Å²) < 4.78 is 21.7. The van der Waals surface area contributed by atoms with E-state index in [0.717, 1.165) is 11.8 Å². The van der Waals surface area contributed by atoms with E-state index < -0.39 is 16.8 Å². The highest BCUT2D eigenvalue weighted by atomic mass is 16.5. The van der Waals surface area contributed by atoms with Gasteiger partial charge in [-0.15, -0.1) is 0 Å². The SMILES string of the molecule is CN(C)c1ccc2[nH]c3c(C(=O)NCCOCCOCCOCCN)cc(=O)c(=O)c=3oc2c1. The summed E-state index contributed by atoms with van der Waals surface area (Å²) in [5.74, 6) is -0.519. The molecule has 1 heterocycles. The minimum absolute atomic E-state index is 0.0303. The number of hydrogen-bond acceptors (Lipinski definition) is 9. The van der Waals surface area contributed by atoms with Crippen molar-refractivity contribution in [2.45, 2.75) is 0 Å². The molecule has 0 unspecified atom stereocenters. The van der Waals surface area contributed by atoms with Gasteiger partial charge in [-0.05, 0) is 12.1 Å². The molecule has 0 bridgehead atoms. The van der Waals surface area contributed by atoms with Crippen molar-refractivity contribution >= 4 is 22.7 Å². The van der Waals surface area contributed by atoms with Gasteiger partial charge in [0.1, 0.15) is 0 Å². The Morgan fingerprint density at radius 2 is 1.71 bits per heavy atom. The third-order valence-electron chi connectivity index (χ3n) is 4.94. The Hall–Kier alpha value is -3.25. The van der Waals surface area contributed by atoms with E-state index in [2.05, 4.69) is 10.3 Å². The van der Waals surface area contributed by atoms with Gasteiger partial charge >= 0.3 is 0 Å². The van der Waals surface area contributed by atoms with Crippen LogP contribution in [0.15, 0.2) is 38.3 Å². The number of carbonyl (C=O) groups excluding carboxylic acids is 1. The molecule has 0 radical (unpaired) electrons. The first-order valence-corrected chi connectivity index (χ1v) is 10.9. The first-order chi connectivity index (χ1) is 16.4. The minimum Gasteiger partial charge on any atom is -0.449 e. The second-order valence-corrected chi connectivity index (χ2v) is 7.64. The third-order valence-corrected chi connectivity index (χ3v) is 4.94. The molecule has 1 aliphatic carbocycles. The highest BCUT2D eigenvalue weighted by Crippen LogP contribution is 2.20. The predicted molar refractivity (Wildman–Crippen MR) is 127 cm³/mol. The van der Waals surface area contributed by atoms with E-state index in [4.69, 9.17) is 24.4 Å². The molecule has 1 aromatic rings. The molecule has 0 saturated carbocycles. The number of aromatic amines is 1. The van der Waals surface area contributed by atoms with Crippen molar-refractivity contribution in [1.29, 1.82) is 0 Å². The Bertz CT molecular complexity index is 1290. The highest BCUT2D eigenvalue weighted by Gasteiger charge is 2.15. The topological polar surface area (TPSA) is 149 Å². The third kappa shape index (κ3) is 6.41. The van der Waals surface area contributed by atoms with E-state index in [1.807, 2.05) is 25.1 Å². The van der Waals surface area contributed by atoms with Crippen LogP contribution in [0.25, 0.3) is 11.1 Å². The number of nitrogens with one attached hydrogen (secondary N) is 2. The number of hydrogen-bond donors (Lipinski definition) is 3. The summed E-state index contributed by atoms with van der Waals surface area (Å²) in [7, 11) is 3.75. The molecule has 1 aliphatic heterocycles. The quantitative estimate of drug-likeness (QED) is 0.230. The van der Waals surface area contributed by atoms with E-state index in [-0.39, 0.29) is 29.5 Å². The lowest BCUT2D eigenvalue weighted by Crippen LogP contribution is -2.32. The first kappa shape index (κ1) is 25.4. The average Bonchev–Trinajstić information content (AvgIpc) is 2.83. The molecular weight excluding hydrogens is 444 g/mol. The zero-order valence-corrected chi connectivity index (χ0v) is 19.3. The maximum absolute atomic E-state index is 12.7. The van der Waals surface area contributed by atoms with Crippen LogP contribution in [0, 0.1) is 10.8 Å². The molecule has 4 N–H and O–H groups in total. The maximum Gasteiger partial charge on any atom is 0.270 e. The molecule has 0 aromatic heterocycles. The predicted octanol–water partition coefficient (Wildman–Crippen LogP) is 0.0104. The number of amides is 1. The summed E-state index contributed by atoms with van der Waals surface area (Å²) in [4.78, 5) is 42.3. The van der Waals surface area contributed by atoms with Gasteiger partial charge in [0.05, 0.1) is 56.1 Å². The van der Waals surface area contributed by atoms with Crippen LogP contribution in [0.4, 0.5) is 5.69 Å². The van der Waals surface area contributed by atoms with Gasteiger partial charge < -0.3 is 39.6 Å². The fourth-order valence-electron chi connectivity index (χ4n) is 3.20. The van der Waals surface area contributed by atoms with Crippen molar-refractivity contribution in [3.63, 3.8) is 0 Å². The molecule has 0 fully saturated rings. The number of benzene rings is 1. The summed E-state index contributed by atoms with van der Waals surface area (Å²) in [5.41, 5.74) is 5.38. The van der Waals surface area contributed by atoms with Gasteiger partial charge in [0.25, 0.3) is 11.3 Å². The van der Waals surface area contributed by atoms with Crippen LogP contribution < -0.4 is 26.8 Å². The number of anilines is 1. The van der Waals surface area contributed by atoms with Crippen molar-refractivity contribution in [1.82, 2.24) is 10.3 Å². The summed E-state index contributed by atoms with van der Waals surface area (Å²) >= 11 is 0. The summed E-state index contributed by atoms with van der Waals surface area (Å²) in [5, 5.41) is 2.85. The van der Waals surface area contributed by atoms with Gasteiger partial charge in [0, 0.05) is 45.0 Å². The number of nitrogens with zero attached hydrogens (tertiary/aromatic N) is 1. The van der Waals surface area contributed by atoms with E-state index >= 15 is 0 Å². The number of fused-ring (bicyclic) bond motifs is 1. The largest absolute Gasteiger partial charge is 0.449 e. The monoisotopic (exact) mass is 474 g/mol. The normalized spacial score (nSPS) is 11.3. The molecule has 0 atom stereocenters. The summed E-state index contributed by atoms with van der Waals surface area (Å²) in [6.07, 6.45) is 0. The lowest BCUT2D eigenvalue weighted by atomic mass is 10.2. The van der Waals surface area contributed by atoms with Gasteiger partial charge in [-0.2, -0.15) is 0 Å². The second kappa shape index (κ2) is 12.3. The molecule has 0 saturated heterocycles. The molecule has 184 valence electrons. The van der Waals surface area contributed by atoms with Crippen LogP contribution in [0.1, 0.15) is 10.4 Å². The number of carbonyl (C=O) groups is 1. The van der Waals surface area contributed by atoms with Crippen LogP contribution in [0.5, 0.6) is 0 Å². The molecule has 1 amide bonds. The van der Waals surface area contributed by atoms with Crippen LogP contribution >= 0.6 is 0 Å². The molecule has 11 heteroatoms. The molecule has 11 nitrogen and oxygen atoms in total. The van der Waals surface area contributed by atoms with Gasteiger partial charge in [-0.1, -0.05) is 0 Å². The smallest absolute Gasteiger partial charge is 0.270 e. The molecule has 2 aliphatic rings. The lowest BCUT2D eigenvalue weighted by Gasteiger charge is -2.13. The van der Waals surface area contributed by atoms with Crippen LogP contribution in [-0.4, -0.2) is 77.7 Å². The van der Waals surface area contributed by atoms with Crippen molar-refractivity contribution in [2.24, 2.45) is 5.73 Å². The van der Waals surface area contributed by atoms with Gasteiger partial charge in [0.15, 0.2) is 5.58 Å². The fourth-order valence-corrected chi connectivity index (χ4v) is 3.20. The number of H-pyrrole nitrogens is 1. The number of rotatable bonds is 13. The van der Waals surface area contributed by atoms with Gasteiger partial charge in [-0.25, -0.2) is 0 Å². The Labute approximate surface area is 195 Å². The second-order valence-electron chi connectivity index (χ2n) is 7.64. The molecule has 1 aromatic carbocycles. The maximum atomic E-state index is 12.7. The van der Waals surface area contributed by atoms with Crippen LogP contribution in [0.2, 0.25) is 0 Å². The Morgan fingerprint density at radius 3 is 2.38 bits per heavy atom. The Morgan fingerprint density at radius 1 is 1.03 bits per heavy atom. The molecule has 34 heavy (non-hydrogen) atoms. The Kier molecular flexibility index (Phi) is 9.16. The van der Waals surface area contributed by atoms with Gasteiger partial charge in [-0.3, -0.25) is 14.4 Å². The molecule has 0 spiro atoms. The van der Waals surface area contributed by atoms with E-state index in [0.29, 0.717) is 50.7 Å². The van der Waals surface area contributed by atoms with Crippen molar-refractivity contribution in [3.05, 3.63) is 61.0 Å². The van der Waals surface area contributed by atoms with E-state index in [1.54, 1.807) is 12.1 Å². The first-order valence-electron chi connectivity index (χ1n) is 10.9. The number of aromatic nitrogens is 1. The zero-order chi connectivity index (χ0) is 24.5. The van der Waals surface area contributed by atoms with Crippen molar-refractivity contribution < 1.29 is 23.4 Å². The number of nitrogens with two attached hydrogens (primary N) is 1. The Balaban J connectivity index is 1.63. The van der Waals surface area contributed by atoms with Crippen molar-refractivity contribution in [2.75, 3.05) is 71.7 Å². The van der Waals surface area contributed by atoms with E-state index in [1.165, 1.54) is 0 Å². The van der Waals surface area contributed by atoms with Gasteiger partial charge in [0.2, 0.25) is 10.8 Å². The zero-order valence-electron chi connectivity index (χ0n) is 19.3. The van der Waals surface area contributed by atoms with E-state index in [9.17, 15) is 14.4 Å².